The lowest BCUT2D eigenvalue weighted by Crippen LogP contribution is -2.37. The molecule has 2 nitrogen and oxygen atoms in total. The van der Waals surface area contributed by atoms with Gasteiger partial charge in [-0.25, -0.2) is 4.98 Å². The molecule has 1 N–H and O–H groups in total. The lowest BCUT2D eigenvalue weighted by atomic mass is 9.94. The Morgan fingerprint density at radius 1 is 1.56 bits per heavy atom. The molecule has 0 aromatic carbocycles. The molecule has 1 aromatic heterocycles. The minimum Gasteiger partial charge on any atom is -0.314 e. The normalized spacial score (nSPS) is 19.7. The molecule has 0 bridgehead atoms. The van der Waals surface area contributed by atoms with Crippen molar-refractivity contribution in [2.45, 2.75) is 46.1 Å². The lowest BCUT2D eigenvalue weighted by molar-refractivity contribution is 0.344. The SMILES string of the molecule is CCNC(Cc1nc(C)cs1)C(C)C1CC1. The van der Waals surface area contributed by atoms with Gasteiger partial charge in [-0.15, -0.1) is 11.3 Å². The second-order valence-electron chi connectivity index (χ2n) is 4.95. The molecule has 0 amide bonds. The predicted molar refractivity (Wildman–Crippen MR) is 69.9 cm³/mol. The quantitative estimate of drug-likeness (QED) is 0.824. The smallest absolute Gasteiger partial charge is 0.0943 e. The average molecular weight is 238 g/mol. The van der Waals surface area contributed by atoms with Gasteiger partial charge in [0.25, 0.3) is 0 Å². The van der Waals surface area contributed by atoms with Crippen LogP contribution in [0.4, 0.5) is 0 Å². The molecular formula is C13H22N2S. The van der Waals surface area contributed by atoms with Crippen molar-refractivity contribution in [3.63, 3.8) is 0 Å². The largest absolute Gasteiger partial charge is 0.314 e. The first kappa shape index (κ1) is 12.1. The fraction of sp³-hybridized carbons (Fsp3) is 0.769. The Hall–Kier alpha value is -0.410. The highest BCUT2D eigenvalue weighted by Crippen LogP contribution is 2.38. The molecule has 0 radical (unpaired) electrons. The van der Waals surface area contributed by atoms with Crippen molar-refractivity contribution >= 4 is 11.3 Å². The van der Waals surface area contributed by atoms with E-state index in [1.165, 1.54) is 17.8 Å². The molecular weight excluding hydrogens is 216 g/mol. The molecule has 2 unspecified atom stereocenters. The van der Waals surface area contributed by atoms with Crippen molar-refractivity contribution in [3.8, 4) is 0 Å². The Bertz CT molecular complexity index is 330. The van der Waals surface area contributed by atoms with E-state index in [9.17, 15) is 0 Å². The number of likely N-dealkylation sites (N-methyl/N-ethyl adjacent to an activating group) is 1. The third kappa shape index (κ3) is 3.05. The van der Waals surface area contributed by atoms with Gasteiger partial charge in [0.2, 0.25) is 0 Å². The van der Waals surface area contributed by atoms with Gasteiger partial charge < -0.3 is 5.32 Å². The molecule has 1 saturated carbocycles. The van der Waals surface area contributed by atoms with Crippen LogP contribution in [-0.2, 0) is 6.42 Å². The van der Waals surface area contributed by atoms with E-state index in [4.69, 9.17) is 0 Å². The van der Waals surface area contributed by atoms with E-state index in [1.54, 1.807) is 11.3 Å². The van der Waals surface area contributed by atoms with Crippen molar-refractivity contribution in [2.75, 3.05) is 6.54 Å². The molecule has 16 heavy (non-hydrogen) atoms. The van der Waals surface area contributed by atoms with E-state index in [0.717, 1.165) is 30.5 Å². The van der Waals surface area contributed by atoms with Crippen molar-refractivity contribution in [2.24, 2.45) is 11.8 Å². The van der Waals surface area contributed by atoms with Crippen LogP contribution in [0, 0.1) is 18.8 Å². The van der Waals surface area contributed by atoms with Crippen molar-refractivity contribution in [1.29, 1.82) is 0 Å². The van der Waals surface area contributed by atoms with E-state index < -0.39 is 0 Å². The predicted octanol–water partition coefficient (Wildman–Crippen LogP) is 3.02. The Labute approximate surface area is 102 Å². The summed E-state index contributed by atoms with van der Waals surface area (Å²) in [6, 6.07) is 0.614. The van der Waals surface area contributed by atoms with Crippen molar-refractivity contribution in [1.82, 2.24) is 10.3 Å². The molecule has 90 valence electrons. The highest BCUT2D eigenvalue weighted by Gasteiger charge is 2.33. The Morgan fingerprint density at radius 2 is 2.31 bits per heavy atom. The number of nitrogens with zero attached hydrogens (tertiary/aromatic N) is 1. The summed E-state index contributed by atoms with van der Waals surface area (Å²) in [5, 5.41) is 7.07. The Balaban J connectivity index is 1.95. The first-order chi connectivity index (χ1) is 7.70. The summed E-state index contributed by atoms with van der Waals surface area (Å²) < 4.78 is 0. The standard InChI is InChI=1S/C13H22N2S/c1-4-14-12(10(3)11-5-6-11)7-13-15-9(2)8-16-13/h8,10-12,14H,4-7H2,1-3H3. The summed E-state index contributed by atoms with van der Waals surface area (Å²) in [5.41, 5.74) is 1.16. The summed E-state index contributed by atoms with van der Waals surface area (Å²) >= 11 is 1.80. The van der Waals surface area contributed by atoms with Crippen molar-refractivity contribution < 1.29 is 0 Å². The summed E-state index contributed by atoms with van der Waals surface area (Å²) in [7, 11) is 0. The molecule has 0 aliphatic heterocycles. The summed E-state index contributed by atoms with van der Waals surface area (Å²) in [4.78, 5) is 4.57. The van der Waals surface area contributed by atoms with Crippen LogP contribution >= 0.6 is 11.3 Å². The van der Waals surface area contributed by atoms with Gasteiger partial charge in [0.1, 0.15) is 0 Å². The number of nitrogens with one attached hydrogen (secondary N) is 1. The first-order valence-electron chi connectivity index (χ1n) is 6.35. The molecule has 1 aliphatic carbocycles. The zero-order chi connectivity index (χ0) is 11.5. The zero-order valence-electron chi connectivity index (χ0n) is 10.5. The molecule has 1 aliphatic rings. The van der Waals surface area contributed by atoms with E-state index in [2.05, 4.69) is 36.5 Å². The minimum atomic E-state index is 0.614. The van der Waals surface area contributed by atoms with Gasteiger partial charge in [-0.2, -0.15) is 0 Å². The zero-order valence-corrected chi connectivity index (χ0v) is 11.3. The fourth-order valence-corrected chi connectivity index (χ4v) is 3.17. The molecule has 2 atom stereocenters. The maximum Gasteiger partial charge on any atom is 0.0943 e. The van der Waals surface area contributed by atoms with Gasteiger partial charge in [0, 0.05) is 23.5 Å². The minimum absolute atomic E-state index is 0.614. The number of aryl methyl sites for hydroxylation is 1. The summed E-state index contributed by atoms with van der Waals surface area (Å²) in [5.74, 6) is 1.76. The van der Waals surface area contributed by atoms with E-state index >= 15 is 0 Å². The van der Waals surface area contributed by atoms with Gasteiger partial charge >= 0.3 is 0 Å². The average Bonchev–Trinajstić information content (AvgIpc) is 3.02. The molecule has 0 saturated heterocycles. The van der Waals surface area contributed by atoms with Gasteiger partial charge in [-0.05, 0) is 38.1 Å². The number of thiazole rings is 1. The van der Waals surface area contributed by atoms with Crippen LogP contribution < -0.4 is 5.32 Å². The topological polar surface area (TPSA) is 24.9 Å². The highest BCUT2D eigenvalue weighted by atomic mass is 32.1. The third-order valence-corrected chi connectivity index (χ3v) is 4.52. The third-order valence-electron chi connectivity index (χ3n) is 3.53. The molecule has 3 heteroatoms. The number of rotatable bonds is 6. The van der Waals surface area contributed by atoms with E-state index in [1.807, 2.05) is 0 Å². The monoisotopic (exact) mass is 238 g/mol. The van der Waals surface area contributed by atoms with Gasteiger partial charge in [-0.3, -0.25) is 0 Å². The van der Waals surface area contributed by atoms with Crippen LogP contribution in [0.1, 0.15) is 37.4 Å². The van der Waals surface area contributed by atoms with E-state index in [-0.39, 0.29) is 0 Å². The van der Waals surface area contributed by atoms with Crippen LogP contribution in [0.15, 0.2) is 5.38 Å². The molecule has 0 spiro atoms. The number of hydrogen-bond acceptors (Lipinski definition) is 3. The molecule has 2 rings (SSSR count). The lowest BCUT2D eigenvalue weighted by Gasteiger charge is -2.23. The van der Waals surface area contributed by atoms with Crippen LogP contribution in [0.5, 0.6) is 0 Å². The van der Waals surface area contributed by atoms with Gasteiger partial charge in [-0.1, -0.05) is 13.8 Å². The maximum atomic E-state index is 4.57. The van der Waals surface area contributed by atoms with Crippen LogP contribution in [0.3, 0.4) is 0 Å². The molecule has 1 aromatic rings. The first-order valence-corrected chi connectivity index (χ1v) is 7.23. The van der Waals surface area contributed by atoms with E-state index in [0.29, 0.717) is 6.04 Å². The van der Waals surface area contributed by atoms with Gasteiger partial charge in [0.05, 0.1) is 5.01 Å². The molecule has 1 heterocycles. The van der Waals surface area contributed by atoms with Crippen molar-refractivity contribution in [3.05, 3.63) is 16.1 Å². The summed E-state index contributed by atoms with van der Waals surface area (Å²) in [6.45, 7) is 7.73. The Kier molecular flexibility index (Phi) is 3.98. The second kappa shape index (κ2) is 5.28. The maximum absolute atomic E-state index is 4.57. The number of aromatic nitrogens is 1. The Morgan fingerprint density at radius 3 is 2.81 bits per heavy atom. The van der Waals surface area contributed by atoms with Gasteiger partial charge in [0.15, 0.2) is 0 Å². The summed E-state index contributed by atoms with van der Waals surface area (Å²) in [6.07, 6.45) is 3.96. The highest BCUT2D eigenvalue weighted by molar-refractivity contribution is 7.09. The molecule has 1 fully saturated rings. The fourth-order valence-electron chi connectivity index (χ4n) is 2.34. The second-order valence-corrected chi connectivity index (χ2v) is 5.89. The number of hydrogen-bond donors (Lipinski definition) is 1. The van der Waals surface area contributed by atoms with Crippen LogP contribution in [0.2, 0.25) is 0 Å². The van der Waals surface area contributed by atoms with Crippen LogP contribution in [0.25, 0.3) is 0 Å². The van der Waals surface area contributed by atoms with Crippen LogP contribution in [-0.4, -0.2) is 17.6 Å².